The molecule has 0 fully saturated rings. The third-order valence-electron chi connectivity index (χ3n) is 2.74. The Hall–Kier alpha value is -2.32. The van der Waals surface area contributed by atoms with E-state index in [1.54, 1.807) is 35.3 Å². The van der Waals surface area contributed by atoms with Crippen molar-refractivity contribution in [3.05, 3.63) is 54.1 Å². The Balaban J connectivity index is 2.05. The van der Waals surface area contributed by atoms with E-state index in [2.05, 4.69) is 20.0 Å². The zero-order valence-corrected chi connectivity index (χ0v) is 12.1. The summed E-state index contributed by atoms with van der Waals surface area (Å²) in [6.45, 7) is 0. The molecular weight excluding hydrogens is 314 g/mol. The Morgan fingerprint density at radius 1 is 1.33 bits per heavy atom. The van der Waals surface area contributed by atoms with Crippen molar-refractivity contribution in [2.75, 3.05) is 4.72 Å². The number of nitrogens with one attached hydrogen (secondary N) is 2. The van der Waals surface area contributed by atoms with Gasteiger partial charge in [-0.2, -0.15) is 10.2 Å². The lowest BCUT2D eigenvalue weighted by Crippen LogP contribution is -2.14. The number of nitrogens with zero attached hydrogens (tertiary/aromatic N) is 3. The number of sulfonamides is 1. The van der Waals surface area contributed by atoms with Crippen LogP contribution in [0.25, 0.3) is 5.69 Å². The van der Waals surface area contributed by atoms with E-state index in [-0.39, 0.29) is 4.90 Å². The van der Waals surface area contributed by atoms with Crippen LogP contribution in [-0.4, -0.2) is 28.4 Å². The fourth-order valence-electron chi connectivity index (χ4n) is 1.79. The minimum Gasteiger partial charge on any atom is -0.284 e. The molecule has 0 aliphatic carbocycles. The Bertz CT molecular complexity index is 844. The maximum atomic E-state index is 12.3. The fourth-order valence-corrected chi connectivity index (χ4v) is 2.93. The van der Waals surface area contributed by atoms with E-state index in [0.29, 0.717) is 16.4 Å². The van der Waals surface area contributed by atoms with Crippen LogP contribution in [0.4, 0.5) is 5.69 Å². The van der Waals surface area contributed by atoms with Crippen LogP contribution in [0, 0.1) is 0 Å². The maximum Gasteiger partial charge on any atom is 0.265 e. The molecule has 0 radical (unpaired) electrons. The molecule has 0 unspecified atom stereocenters. The topological polar surface area (TPSA) is 92.7 Å². The summed E-state index contributed by atoms with van der Waals surface area (Å²) in [6.07, 6.45) is 5.82. The Morgan fingerprint density at radius 2 is 2.19 bits per heavy atom. The number of halogens is 1. The number of hydrogen-bond acceptors (Lipinski definition) is 4. The summed E-state index contributed by atoms with van der Waals surface area (Å²) >= 11 is 5.95. The van der Waals surface area contributed by atoms with Crippen LogP contribution < -0.4 is 4.72 Å². The molecule has 3 rings (SSSR count). The van der Waals surface area contributed by atoms with Crippen molar-refractivity contribution in [3.63, 3.8) is 0 Å². The summed E-state index contributed by atoms with van der Waals surface area (Å²) in [5.74, 6) is 0. The highest BCUT2D eigenvalue weighted by atomic mass is 35.5. The number of rotatable bonds is 4. The van der Waals surface area contributed by atoms with Gasteiger partial charge in [-0.25, -0.2) is 13.1 Å². The van der Waals surface area contributed by atoms with Crippen LogP contribution in [0.1, 0.15) is 0 Å². The molecule has 2 N–H and O–H groups in total. The van der Waals surface area contributed by atoms with Crippen molar-refractivity contribution in [2.45, 2.75) is 4.90 Å². The van der Waals surface area contributed by atoms with Crippen LogP contribution in [0.15, 0.2) is 53.9 Å². The molecule has 0 saturated carbocycles. The Labute approximate surface area is 125 Å². The molecule has 2 heterocycles. The van der Waals surface area contributed by atoms with Gasteiger partial charge in [0, 0.05) is 23.6 Å². The van der Waals surface area contributed by atoms with Crippen LogP contribution in [0.3, 0.4) is 0 Å². The average molecular weight is 324 g/mol. The van der Waals surface area contributed by atoms with E-state index in [0.717, 1.165) is 0 Å². The van der Waals surface area contributed by atoms with Gasteiger partial charge in [-0.1, -0.05) is 11.6 Å². The SMILES string of the molecule is O=S(=O)(Nc1cc(Cl)ccc1-n1cccn1)c1cn[nH]c1. The molecule has 0 aliphatic rings. The third-order valence-corrected chi connectivity index (χ3v) is 4.31. The van der Waals surface area contributed by atoms with Crippen molar-refractivity contribution in [1.82, 2.24) is 20.0 Å². The normalized spacial score (nSPS) is 11.5. The number of H-pyrrole nitrogens is 1. The fraction of sp³-hybridized carbons (Fsp3) is 0. The first-order valence-electron chi connectivity index (χ1n) is 5.87. The van der Waals surface area contributed by atoms with Gasteiger partial charge in [0.25, 0.3) is 10.0 Å². The zero-order chi connectivity index (χ0) is 14.9. The molecule has 2 aromatic heterocycles. The molecule has 3 aromatic rings. The summed E-state index contributed by atoms with van der Waals surface area (Å²) < 4.78 is 28.5. The van der Waals surface area contributed by atoms with Crippen molar-refractivity contribution in [1.29, 1.82) is 0 Å². The van der Waals surface area contributed by atoms with Gasteiger partial charge in [-0.15, -0.1) is 0 Å². The zero-order valence-electron chi connectivity index (χ0n) is 10.6. The van der Waals surface area contributed by atoms with E-state index >= 15 is 0 Å². The third kappa shape index (κ3) is 2.76. The standard InChI is InChI=1S/C12H10ClN5O2S/c13-9-2-3-12(18-5-1-4-16-18)11(6-9)17-21(19,20)10-7-14-15-8-10/h1-8,17H,(H,14,15). The highest BCUT2D eigenvalue weighted by Crippen LogP contribution is 2.26. The van der Waals surface area contributed by atoms with Crippen molar-refractivity contribution < 1.29 is 8.42 Å². The second-order valence-electron chi connectivity index (χ2n) is 4.15. The largest absolute Gasteiger partial charge is 0.284 e. The molecule has 0 atom stereocenters. The van der Waals surface area contributed by atoms with Gasteiger partial charge in [-0.05, 0) is 24.3 Å². The first-order chi connectivity index (χ1) is 10.1. The van der Waals surface area contributed by atoms with Gasteiger partial charge < -0.3 is 0 Å². The molecular formula is C12H10ClN5O2S. The molecule has 0 amide bonds. The Morgan fingerprint density at radius 3 is 2.86 bits per heavy atom. The first kappa shape index (κ1) is 13.7. The number of hydrogen-bond donors (Lipinski definition) is 2. The average Bonchev–Trinajstić information content (AvgIpc) is 3.12. The first-order valence-corrected chi connectivity index (χ1v) is 7.73. The second kappa shape index (κ2) is 5.23. The second-order valence-corrected chi connectivity index (χ2v) is 6.27. The van der Waals surface area contributed by atoms with Gasteiger partial charge >= 0.3 is 0 Å². The van der Waals surface area contributed by atoms with Crippen molar-refractivity contribution in [3.8, 4) is 5.69 Å². The predicted octanol–water partition coefficient (Wildman–Crippen LogP) is 2.05. The quantitative estimate of drug-likeness (QED) is 0.768. The summed E-state index contributed by atoms with van der Waals surface area (Å²) in [5, 5.41) is 10.6. The number of aromatic nitrogens is 4. The molecule has 108 valence electrons. The summed E-state index contributed by atoms with van der Waals surface area (Å²) in [7, 11) is -3.74. The highest BCUT2D eigenvalue weighted by molar-refractivity contribution is 7.92. The van der Waals surface area contributed by atoms with Gasteiger partial charge in [-0.3, -0.25) is 9.82 Å². The summed E-state index contributed by atoms with van der Waals surface area (Å²) in [4.78, 5) is 0.0360. The lowest BCUT2D eigenvalue weighted by molar-refractivity contribution is 0.601. The summed E-state index contributed by atoms with van der Waals surface area (Å²) in [6, 6.07) is 6.61. The Kier molecular flexibility index (Phi) is 3.40. The summed E-state index contributed by atoms with van der Waals surface area (Å²) in [5.41, 5.74) is 0.892. The van der Waals surface area contributed by atoms with E-state index < -0.39 is 10.0 Å². The minimum absolute atomic E-state index is 0.0360. The lowest BCUT2D eigenvalue weighted by atomic mass is 10.3. The van der Waals surface area contributed by atoms with Crippen LogP contribution in [-0.2, 0) is 10.0 Å². The molecule has 21 heavy (non-hydrogen) atoms. The van der Waals surface area contributed by atoms with Gasteiger partial charge in [0.05, 0.1) is 17.6 Å². The van der Waals surface area contributed by atoms with Crippen LogP contribution >= 0.6 is 11.6 Å². The minimum atomic E-state index is -3.74. The molecule has 9 heteroatoms. The molecule has 0 spiro atoms. The number of anilines is 1. The van der Waals surface area contributed by atoms with Gasteiger partial charge in [0.2, 0.25) is 0 Å². The molecule has 1 aromatic carbocycles. The number of aromatic amines is 1. The maximum absolute atomic E-state index is 12.3. The van der Waals surface area contributed by atoms with Gasteiger partial charge in [0.15, 0.2) is 0 Å². The van der Waals surface area contributed by atoms with Crippen LogP contribution in [0.5, 0.6) is 0 Å². The molecule has 0 saturated heterocycles. The molecule has 7 nitrogen and oxygen atoms in total. The van der Waals surface area contributed by atoms with Crippen LogP contribution in [0.2, 0.25) is 5.02 Å². The molecule has 0 aliphatic heterocycles. The van der Waals surface area contributed by atoms with E-state index in [9.17, 15) is 8.42 Å². The molecule has 0 bridgehead atoms. The highest BCUT2D eigenvalue weighted by Gasteiger charge is 2.18. The smallest absolute Gasteiger partial charge is 0.265 e. The number of benzene rings is 1. The van der Waals surface area contributed by atoms with Gasteiger partial charge in [0.1, 0.15) is 4.90 Å². The van der Waals surface area contributed by atoms with Crippen molar-refractivity contribution >= 4 is 27.3 Å². The van der Waals surface area contributed by atoms with E-state index in [4.69, 9.17) is 11.6 Å². The lowest BCUT2D eigenvalue weighted by Gasteiger charge is -2.12. The van der Waals surface area contributed by atoms with E-state index in [1.165, 1.54) is 18.5 Å². The van der Waals surface area contributed by atoms with E-state index in [1.807, 2.05) is 0 Å². The predicted molar refractivity (Wildman–Crippen MR) is 78.0 cm³/mol. The monoisotopic (exact) mass is 323 g/mol. The van der Waals surface area contributed by atoms with Crippen molar-refractivity contribution in [2.24, 2.45) is 0 Å².